The SMILES string of the molecule is C=CC(=O)N1CCc2cc(Cl)sc2C1.CC.c1ccc(-c2cccnc2)cc1. The zero-order chi connectivity index (χ0) is 20.4. The van der Waals surface area contributed by atoms with E-state index in [9.17, 15) is 4.79 Å². The van der Waals surface area contributed by atoms with Gasteiger partial charge in [-0.3, -0.25) is 9.78 Å². The number of rotatable bonds is 2. The minimum absolute atomic E-state index is 0.000160. The number of carbonyl (C=O) groups is 1. The number of nitrogens with zero attached hydrogens (tertiary/aromatic N) is 2. The van der Waals surface area contributed by atoms with Crippen LogP contribution in [0, 0.1) is 0 Å². The number of amides is 1. The molecule has 0 radical (unpaired) electrons. The quantitative estimate of drug-likeness (QED) is 0.466. The van der Waals surface area contributed by atoms with Crippen LogP contribution in [0.15, 0.2) is 73.6 Å². The number of aromatic nitrogens is 1. The minimum Gasteiger partial charge on any atom is -0.334 e. The molecule has 1 aliphatic rings. The van der Waals surface area contributed by atoms with E-state index in [0.29, 0.717) is 6.54 Å². The highest BCUT2D eigenvalue weighted by atomic mass is 35.5. The summed E-state index contributed by atoms with van der Waals surface area (Å²) in [4.78, 5) is 18.4. The number of hydrogen-bond donors (Lipinski definition) is 0. The van der Waals surface area contributed by atoms with E-state index in [2.05, 4.69) is 29.8 Å². The van der Waals surface area contributed by atoms with Gasteiger partial charge in [0.2, 0.25) is 5.91 Å². The number of thiophene rings is 1. The first-order chi connectivity index (χ1) is 13.7. The zero-order valence-corrected chi connectivity index (χ0v) is 17.8. The number of hydrogen-bond acceptors (Lipinski definition) is 3. The van der Waals surface area contributed by atoms with Crippen molar-refractivity contribution in [2.24, 2.45) is 0 Å². The molecule has 5 heteroatoms. The van der Waals surface area contributed by atoms with Crippen LogP contribution >= 0.6 is 22.9 Å². The van der Waals surface area contributed by atoms with Gasteiger partial charge in [-0.1, -0.05) is 68.4 Å². The van der Waals surface area contributed by atoms with Crippen molar-refractivity contribution in [3.8, 4) is 11.1 Å². The summed E-state index contributed by atoms with van der Waals surface area (Å²) in [5.74, 6) is 0.000160. The van der Waals surface area contributed by atoms with Crippen LogP contribution in [0.5, 0.6) is 0 Å². The third-order valence-electron chi connectivity index (χ3n) is 4.11. The van der Waals surface area contributed by atoms with Crippen molar-refractivity contribution in [2.45, 2.75) is 26.8 Å². The van der Waals surface area contributed by atoms with Crippen molar-refractivity contribution in [2.75, 3.05) is 6.54 Å². The number of carbonyl (C=O) groups excluding carboxylic acids is 1. The van der Waals surface area contributed by atoms with Gasteiger partial charge >= 0.3 is 0 Å². The van der Waals surface area contributed by atoms with E-state index in [0.717, 1.165) is 22.9 Å². The van der Waals surface area contributed by atoms with Crippen LogP contribution in [0.2, 0.25) is 4.34 Å². The van der Waals surface area contributed by atoms with E-state index >= 15 is 0 Å². The van der Waals surface area contributed by atoms with E-state index in [1.165, 1.54) is 22.1 Å². The number of pyridine rings is 1. The van der Waals surface area contributed by atoms with Crippen LogP contribution in [0.25, 0.3) is 11.1 Å². The van der Waals surface area contributed by atoms with Crippen LogP contribution in [-0.4, -0.2) is 22.3 Å². The van der Waals surface area contributed by atoms with Crippen LogP contribution < -0.4 is 0 Å². The Labute approximate surface area is 176 Å². The summed E-state index contributed by atoms with van der Waals surface area (Å²) in [7, 11) is 0. The maximum absolute atomic E-state index is 11.4. The van der Waals surface area contributed by atoms with E-state index in [1.54, 1.807) is 22.4 Å². The Balaban J connectivity index is 0.000000186. The molecule has 3 aromatic rings. The lowest BCUT2D eigenvalue weighted by molar-refractivity contribution is -0.126. The molecule has 0 unspecified atom stereocenters. The average molecular weight is 413 g/mol. The predicted octanol–water partition coefficient (Wildman–Crippen LogP) is 6.25. The second kappa shape index (κ2) is 11.4. The summed E-state index contributed by atoms with van der Waals surface area (Å²) in [6.07, 6.45) is 5.92. The predicted molar refractivity (Wildman–Crippen MR) is 120 cm³/mol. The van der Waals surface area contributed by atoms with Crippen molar-refractivity contribution >= 4 is 28.8 Å². The first-order valence-corrected chi connectivity index (χ1v) is 10.5. The third-order valence-corrected chi connectivity index (χ3v) is 5.40. The molecule has 0 fully saturated rings. The fourth-order valence-corrected chi connectivity index (χ4v) is 4.12. The summed E-state index contributed by atoms with van der Waals surface area (Å²) in [5.41, 5.74) is 3.66. The van der Waals surface area contributed by atoms with Gasteiger partial charge in [0.15, 0.2) is 0 Å². The smallest absolute Gasteiger partial charge is 0.246 e. The van der Waals surface area contributed by atoms with E-state index in [1.807, 2.05) is 50.4 Å². The lowest BCUT2D eigenvalue weighted by Crippen LogP contribution is -2.33. The topological polar surface area (TPSA) is 33.2 Å². The zero-order valence-electron chi connectivity index (χ0n) is 16.3. The first-order valence-electron chi connectivity index (χ1n) is 9.31. The monoisotopic (exact) mass is 412 g/mol. The summed E-state index contributed by atoms with van der Waals surface area (Å²) in [6, 6.07) is 16.2. The molecule has 0 saturated carbocycles. The second-order valence-electron chi connectivity index (χ2n) is 5.82. The summed E-state index contributed by atoms with van der Waals surface area (Å²) >= 11 is 7.47. The Kier molecular flexibility index (Phi) is 8.92. The molecular weight excluding hydrogens is 388 g/mol. The summed E-state index contributed by atoms with van der Waals surface area (Å²) in [5, 5.41) is 0. The maximum atomic E-state index is 11.4. The minimum atomic E-state index is 0.000160. The normalized spacial score (nSPS) is 11.9. The standard InChI is InChI=1S/C11H9N.C10H10ClNOS.C2H6/c1-2-5-10(6-3-1)11-7-4-8-12-9-11;1-2-10(13)12-4-3-7-5-9(11)14-8(7)6-12;1-2/h1-9H;2,5H,1,3-4,6H2;1-2H3. The van der Waals surface area contributed by atoms with Crippen molar-refractivity contribution < 1.29 is 4.79 Å². The van der Waals surface area contributed by atoms with Gasteiger partial charge in [0, 0.05) is 23.8 Å². The highest BCUT2D eigenvalue weighted by Gasteiger charge is 2.20. The highest BCUT2D eigenvalue weighted by molar-refractivity contribution is 7.16. The van der Waals surface area contributed by atoms with Crippen molar-refractivity contribution in [3.05, 3.63) is 88.4 Å². The molecule has 4 rings (SSSR count). The number of fused-ring (bicyclic) bond motifs is 1. The van der Waals surface area contributed by atoms with Gasteiger partial charge in [0.05, 0.1) is 10.9 Å². The molecule has 28 heavy (non-hydrogen) atoms. The Morgan fingerprint density at radius 3 is 2.54 bits per heavy atom. The molecule has 2 aromatic heterocycles. The van der Waals surface area contributed by atoms with Gasteiger partial charge < -0.3 is 4.90 Å². The van der Waals surface area contributed by atoms with Gasteiger partial charge in [-0.2, -0.15) is 0 Å². The largest absolute Gasteiger partial charge is 0.334 e. The van der Waals surface area contributed by atoms with Crippen molar-refractivity contribution in [1.82, 2.24) is 9.88 Å². The second-order valence-corrected chi connectivity index (χ2v) is 7.59. The van der Waals surface area contributed by atoms with Crippen LogP contribution in [0.4, 0.5) is 0 Å². The Morgan fingerprint density at radius 2 is 1.89 bits per heavy atom. The van der Waals surface area contributed by atoms with Gasteiger partial charge in [0.25, 0.3) is 0 Å². The van der Waals surface area contributed by atoms with E-state index in [-0.39, 0.29) is 5.91 Å². The van der Waals surface area contributed by atoms with Crippen molar-refractivity contribution in [1.29, 1.82) is 0 Å². The molecule has 3 nitrogen and oxygen atoms in total. The molecule has 146 valence electrons. The third kappa shape index (κ3) is 6.04. The first kappa shape index (κ1) is 21.9. The average Bonchev–Trinajstić information content (AvgIpc) is 3.15. The number of halogens is 1. The van der Waals surface area contributed by atoms with Gasteiger partial charge in [-0.15, -0.1) is 11.3 Å². The van der Waals surface area contributed by atoms with Crippen LogP contribution in [-0.2, 0) is 17.8 Å². The number of benzene rings is 1. The van der Waals surface area contributed by atoms with E-state index < -0.39 is 0 Å². The van der Waals surface area contributed by atoms with Gasteiger partial charge in [0.1, 0.15) is 0 Å². The van der Waals surface area contributed by atoms with Crippen LogP contribution in [0.3, 0.4) is 0 Å². The van der Waals surface area contributed by atoms with Crippen molar-refractivity contribution in [3.63, 3.8) is 0 Å². The molecule has 0 saturated heterocycles. The maximum Gasteiger partial charge on any atom is 0.246 e. The molecular formula is C23H25ClN2OS. The molecule has 0 atom stereocenters. The Hall–Kier alpha value is -2.43. The van der Waals surface area contributed by atoms with Crippen LogP contribution in [0.1, 0.15) is 24.3 Å². The molecule has 0 N–H and O–H groups in total. The molecule has 0 aliphatic carbocycles. The fraction of sp³-hybridized carbons (Fsp3) is 0.217. The van der Waals surface area contributed by atoms with E-state index in [4.69, 9.17) is 11.6 Å². The van der Waals surface area contributed by atoms with Gasteiger partial charge in [-0.05, 0) is 41.3 Å². The summed E-state index contributed by atoms with van der Waals surface area (Å²) in [6.45, 7) is 8.93. The molecule has 1 aromatic carbocycles. The van der Waals surface area contributed by atoms with Gasteiger partial charge in [-0.25, -0.2) is 0 Å². The highest BCUT2D eigenvalue weighted by Crippen LogP contribution is 2.31. The molecule has 1 amide bonds. The Morgan fingerprint density at radius 1 is 1.18 bits per heavy atom. The molecule has 0 bridgehead atoms. The molecule has 3 heterocycles. The lowest BCUT2D eigenvalue weighted by atomic mass is 10.1. The Bertz CT molecular complexity index is 841. The molecule has 1 aliphatic heterocycles. The fourth-order valence-electron chi connectivity index (χ4n) is 2.76. The lowest BCUT2D eigenvalue weighted by Gasteiger charge is -2.25. The summed E-state index contributed by atoms with van der Waals surface area (Å²) < 4.78 is 0.808. The molecule has 0 spiro atoms.